The summed E-state index contributed by atoms with van der Waals surface area (Å²) in [4.78, 5) is 38.1. The summed E-state index contributed by atoms with van der Waals surface area (Å²) in [6, 6.07) is 0.961. The molecule has 148 valence electrons. The van der Waals surface area contributed by atoms with Gasteiger partial charge in [0.15, 0.2) is 5.78 Å². The minimum Gasteiger partial charge on any atom is -0.404 e. The van der Waals surface area contributed by atoms with Crippen molar-refractivity contribution in [2.24, 2.45) is 5.92 Å². The molecule has 3 N–H and O–H groups in total. The van der Waals surface area contributed by atoms with E-state index in [1.807, 2.05) is 5.32 Å². The topological polar surface area (TPSA) is 148 Å². The molecular formula is C15H11F3N4O6. The highest BCUT2D eigenvalue weighted by molar-refractivity contribution is 6.00. The van der Waals surface area contributed by atoms with E-state index in [2.05, 4.69) is 4.98 Å². The minimum atomic E-state index is -5.45. The van der Waals surface area contributed by atoms with Crippen LogP contribution in [0.1, 0.15) is 22.2 Å². The fraction of sp³-hybridized carbons (Fsp3) is 0.267. The van der Waals surface area contributed by atoms with Gasteiger partial charge >= 0.3 is 18.1 Å². The van der Waals surface area contributed by atoms with Gasteiger partial charge in [-0.1, -0.05) is 0 Å². The SMILES string of the molecule is O=C1NC(c2ccc([N+](=O)[O-])o2)C(C(=O)c2cccnc2)C(O)(C(F)(F)F)N1. The maximum Gasteiger partial charge on any atom is 0.437 e. The molecule has 1 saturated heterocycles. The fourth-order valence-electron chi connectivity index (χ4n) is 2.87. The number of nitro groups is 1. The van der Waals surface area contributed by atoms with Gasteiger partial charge in [0.25, 0.3) is 0 Å². The van der Waals surface area contributed by atoms with E-state index in [1.165, 1.54) is 23.6 Å². The third-order valence-electron chi connectivity index (χ3n) is 4.13. The van der Waals surface area contributed by atoms with Crippen LogP contribution in [0.15, 0.2) is 41.1 Å². The second-order valence-corrected chi connectivity index (χ2v) is 5.86. The molecule has 0 aliphatic carbocycles. The summed E-state index contributed by atoms with van der Waals surface area (Å²) in [5, 5.41) is 24.5. The van der Waals surface area contributed by atoms with Crippen LogP contribution in [0.4, 0.5) is 23.8 Å². The maximum absolute atomic E-state index is 13.6. The number of alkyl halides is 3. The predicted molar refractivity (Wildman–Crippen MR) is 82.8 cm³/mol. The van der Waals surface area contributed by atoms with Crippen molar-refractivity contribution in [1.29, 1.82) is 0 Å². The lowest BCUT2D eigenvalue weighted by atomic mass is 9.79. The smallest absolute Gasteiger partial charge is 0.404 e. The largest absolute Gasteiger partial charge is 0.437 e. The molecule has 3 rings (SSSR count). The van der Waals surface area contributed by atoms with Crippen LogP contribution in [0.3, 0.4) is 0 Å². The maximum atomic E-state index is 13.6. The molecule has 2 aromatic heterocycles. The van der Waals surface area contributed by atoms with Crippen LogP contribution in [-0.2, 0) is 0 Å². The quantitative estimate of drug-likeness (QED) is 0.402. The number of hydrogen-bond acceptors (Lipinski definition) is 7. The van der Waals surface area contributed by atoms with Crippen molar-refractivity contribution in [2.75, 3.05) is 0 Å². The molecule has 28 heavy (non-hydrogen) atoms. The molecule has 2 amide bonds. The van der Waals surface area contributed by atoms with Gasteiger partial charge in [-0.25, -0.2) is 4.79 Å². The molecule has 3 heterocycles. The van der Waals surface area contributed by atoms with Crippen LogP contribution in [0.2, 0.25) is 0 Å². The number of hydrogen-bond donors (Lipinski definition) is 3. The van der Waals surface area contributed by atoms with E-state index in [0.717, 1.165) is 18.3 Å². The van der Waals surface area contributed by atoms with E-state index in [1.54, 1.807) is 0 Å². The molecule has 0 spiro atoms. The number of ketones is 1. The first-order valence-corrected chi connectivity index (χ1v) is 7.60. The molecule has 3 atom stereocenters. The average Bonchev–Trinajstić information content (AvgIpc) is 3.11. The first-order chi connectivity index (χ1) is 13.0. The van der Waals surface area contributed by atoms with E-state index in [0.29, 0.717) is 0 Å². The van der Waals surface area contributed by atoms with E-state index in [9.17, 15) is 38.0 Å². The molecule has 1 fully saturated rings. The number of pyridine rings is 1. The van der Waals surface area contributed by atoms with E-state index in [4.69, 9.17) is 4.42 Å². The normalized spacial score (nSPS) is 24.9. The number of carbonyl (C=O) groups excluding carboxylic acids is 2. The van der Waals surface area contributed by atoms with Crippen molar-refractivity contribution in [3.63, 3.8) is 0 Å². The second kappa shape index (κ2) is 6.60. The van der Waals surface area contributed by atoms with Gasteiger partial charge in [0.2, 0.25) is 5.72 Å². The number of aliphatic hydroxyl groups is 1. The summed E-state index contributed by atoms with van der Waals surface area (Å²) in [6.45, 7) is 0. The molecule has 1 aliphatic rings. The van der Waals surface area contributed by atoms with Gasteiger partial charge in [-0.3, -0.25) is 19.9 Å². The number of rotatable bonds is 4. The third-order valence-corrected chi connectivity index (χ3v) is 4.13. The van der Waals surface area contributed by atoms with Crippen molar-refractivity contribution >= 4 is 17.7 Å². The Morgan fingerprint density at radius 3 is 2.61 bits per heavy atom. The van der Waals surface area contributed by atoms with E-state index < -0.39 is 52.2 Å². The lowest BCUT2D eigenvalue weighted by Crippen LogP contribution is -2.72. The molecular weight excluding hydrogens is 389 g/mol. The molecule has 10 nitrogen and oxygen atoms in total. The van der Waals surface area contributed by atoms with Crippen LogP contribution in [-0.4, -0.2) is 38.7 Å². The molecule has 0 aromatic carbocycles. The first kappa shape index (κ1) is 19.3. The summed E-state index contributed by atoms with van der Waals surface area (Å²) in [7, 11) is 0. The van der Waals surface area contributed by atoms with Crippen molar-refractivity contribution in [2.45, 2.75) is 17.9 Å². The molecule has 13 heteroatoms. The molecule has 2 aromatic rings. The third kappa shape index (κ3) is 3.15. The number of nitrogens with one attached hydrogen (secondary N) is 2. The average molecular weight is 400 g/mol. The molecule has 3 unspecified atom stereocenters. The summed E-state index contributed by atoms with van der Waals surface area (Å²) < 4.78 is 45.8. The van der Waals surface area contributed by atoms with Crippen LogP contribution in [0.5, 0.6) is 0 Å². The molecule has 1 aliphatic heterocycles. The number of Topliss-reactive ketones (excluding diaryl/α,β-unsaturated/α-hetero) is 1. The Morgan fingerprint density at radius 2 is 2.07 bits per heavy atom. The highest BCUT2D eigenvalue weighted by Gasteiger charge is 2.67. The van der Waals surface area contributed by atoms with Crippen molar-refractivity contribution in [3.05, 3.63) is 58.1 Å². The van der Waals surface area contributed by atoms with Gasteiger partial charge in [0.1, 0.15) is 22.6 Å². The Hall–Kier alpha value is -3.48. The van der Waals surface area contributed by atoms with Gasteiger partial charge in [-0.2, -0.15) is 13.2 Å². The van der Waals surface area contributed by atoms with Crippen molar-refractivity contribution in [1.82, 2.24) is 15.6 Å². The van der Waals surface area contributed by atoms with Gasteiger partial charge in [-0.15, -0.1) is 0 Å². The number of nitrogens with zero attached hydrogens (tertiary/aromatic N) is 2. The van der Waals surface area contributed by atoms with Crippen LogP contribution >= 0.6 is 0 Å². The highest BCUT2D eigenvalue weighted by atomic mass is 19.4. The molecule has 0 radical (unpaired) electrons. The Kier molecular flexibility index (Phi) is 4.54. The second-order valence-electron chi connectivity index (χ2n) is 5.86. The van der Waals surface area contributed by atoms with E-state index >= 15 is 0 Å². The van der Waals surface area contributed by atoms with Gasteiger partial charge in [0, 0.05) is 18.0 Å². The Bertz CT molecular complexity index is 931. The number of carbonyl (C=O) groups is 2. The Balaban J connectivity index is 2.15. The van der Waals surface area contributed by atoms with Gasteiger partial charge < -0.3 is 20.2 Å². The standard InChI is InChI=1S/C15H11F3N4O6/c16-15(17,18)14(25)10(12(23)7-2-1-5-19-6-7)11(20-13(24)21-14)8-3-4-9(28-8)22(26)27/h1-6,10-11,25H,(H2,20,21,24). The van der Waals surface area contributed by atoms with Gasteiger partial charge in [-0.05, 0) is 18.2 Å². The summed E-state index contributed by atoms with van der Waals surface area (Å²) in [5.74, 6) is -4.90. The summed E-state index contributed by atoms with van der Waals surface area (Å²) in [5.41, 5.74) is -4.24. The highest BCUT2D eigenvalue weighted by Crippen LogP contribution is 2.44. The minimum absolute atomic E-state index is 0.279. The molecule has 0 saturated carbocycles. The van der Waals surface area contributed by atoms with Crippen LogP contribution < -0.4 is 10.6 Å². The van der Waals surface area contributed by atoms with Crippen LogP contribution in [0, 0.1) is 16.0 Å². The lowest BCUT2D eigenvalue weighted by molar-refractivity contribution is -0.402. The number of aromatic nitrogens is 1. The first-order valence-electron chi connectivity index (χ1n) is 7.60. The monoisotopic (exact) mass is 400 g/mol. The zero-order chi connectivity index (χ0) is 20.7. The summed E-state index contributed by atoms with van der Waals surface area (Å²) >= 11 is 0. The van der Waals surface area contributed by atoms with Gasteiger partial charge in [0.05, 0.1) is 6.07 Å². The predicted octanol–water partition coefficient (Wildman–Crippen LogP) is 1.69. The summed E-state index contributed by atoms with van der Waals surface area (Å²) in [6.07, 6.45) is -3.19. The Morgan fingerprint density at radius 1 is 1.36 bits per heavy atom. The fourth-order valence-corrected chi connectivity index (χ4v) is 2.87. The number of furan rings is 1. The number of halogens is 3. The lowest BCUT2D eigenvalue weighted by Gasteiger charge is -2.44. The zero-order valence-electron chi connectivity index (χ0n) is 13.6. The molecule has 0 bridgehead atoms. The number of amides is 2. The zero-order valence-corrected chi connectivity index (χ0v) is 13.6. The number of urea groups is 1. The van der Waals surface area contributed by atoms with Crippen molar-refractivity contribution in [3.8, 4) is 0 Å². The Labute approximate surface area is 153 Å². The van der Waals surface area contributed by atoms with E-state index in [-0.39, 0.29) is 5.56 Å². The van der Waals surface area contributed by atoms with Crippen LogP contribution in [0.25, 0.3) is 0 Å². The van der Waals surface area contributed by atoms with Crippen molar-refractivity contribution < 1.29 is 37.2 Å².